The van der Waals surface area contributed by atoms with Crippen LogP contribution in [0.5, 0.6) is 0 Å². The van der Waals surface area contributed by atoms with Crippen molar-refractivity contribution in [3.05, 3.63) is 71.8 Å². The minimum Gasteiger partial charge on any atom is -0.456 e. The zero-order chi connectivity index (χ0) is 18.3. The van der Waals surface area contributed by atoms with Crippen molar-refractivity contribution in [1.29, 1.82) is 0 Å². The molecule has 0 heterocycles. The number of hydrogen-bond acceptors (Lipinski definition) is 2. The van der Waals surface area contributed by atoms with Crippen LogP contribution in [0.3, 0.4) is 0 Å². The molecule has 2 aromatic rings. The summed E-state index contributed by atoms with van der Waals surface area (Å²) >= 11 is 0. The zero-order valence-electron chi connectivity index (χ0n) is 16.0. The molecule has 2 aromatic carbocycles. The molecule has 0 saturated carbocycles. The van der Waals surface area contributed by atoms with E-state index >= 15 is 0 Å². The summed E-state index contributed by atoms with van der Waals surface area (Å²) in [5, 5.41) is 0.514. The van der Waals surface area contributed by atoms with Crippen LogP contribution in [0.4, 0.5) is 0 Å². The fourth-order valence-electron chi connectivity index (χ4n) is 2.77. The van der Waals surface area contributed by atoms with Crippen LogP contribution in [0.15, 0.2) is 60.7 Å². The summed E-state index contributed by atoms with van der Waals surface area (Å²) < 4.78 is 12.5. The van der Waals surface area contributed by atoms with Crippen molar-refractivity contribution < 1.29 is 8.54 Å². The Morgan fingerprint density at radius 1 is 0.920 bits per heavy atom. The molecule has 0 amide bonds. The van der Waals surface area contributed by atoms with Gasteiger partial charge in [0.1, 0.15) is 0 Å². The Bertz CT molecular complexity index is 578. The van der Waals surface area contributed by atoms with Gasteiger partial charge in [-0.1, -0.05) is 67.6 Å². The van der Waals surface area contributed by atoms with Gasteiger partial charge >= 0.3 is 0 Å². The highest BCUT2D eigenvalue weighted by Crippen LogP contribution is 2.27. The summed E-state index contributed by atoms with van der Waals surface area (Å²) in [6.07, 6.45) is 0. The van der Waals surface area contributed by atoms with Gasteiger partial charge in [-0.05, 0) is 42.5 Å². The lowest BCUT2D eigenvalue weighted by Crippen LogP contribution is -2.42. The Labute approximate surface area is 158 Å². The molecule has 5 heteroatoms. The summed E-state index contributed by atoms with van der Waals surface area (Å²) in [4.78, 5) is 0. The molecule has 2 nitrogen and oxygen atoms in total. The van der Waals surface area contributed by atoms with Gasteiger partial charge in [-0.15, -0.1) is 0 Å². The van der Waals surface area contributed by atoms with Crippen LogP contribution in [0, 0.1) is 0 Å². The van der Waals surface area contributed by atoms with Gasteiger partial charge in [-0.3, -0.25) is 0 Å². The van der Waals surface area contributed by atoms with E-state index < -0.39 is 17.4 Å². The number of benzene rings is 2. The molecule has 0 aliphatic carbocycles. The van der Waals surface area contributed by atoms with E-state index in [0.29, 0.717) is 14.9 Å². The van der Waals surface area contributed by atoms with Gasteiger partial charge in [0.05, 0.1) is 0 Å². The Balaban J connectivity index is 2.02. The van der Waals surface area contributed by atoms with Crippen LogP contribution in [-0.2, 0) is 8.54 Å². The largest absolute Gasteiger partial charge is 0.456 e. The van der Waals surface area contributed by atoms with Crippen LogP contribution >= 0.6 is 0 Å². The SMILES string of the molecule is CC([Si]OCC(c1ccccc1)c1ccccc1)[Si](C)(C)O[Si](C)C. The van der Waals surface area contributed by atoms with Gasteiger partial charge in [0, 0.05) is 12.5 Å². The van der Waals surface area contributed by atoms with Crippen molar-refractivity contribution in [1.82, 2.24) is 0 Å². The minimum absolute atomic E-state index is 0.282. The van der Waals surface area contributed by atoms with Crippen molar-refractivity contribution in [3.8, 4) is 0 Å². The second kappa shape index (κ2) is 9.64. The van der Waals surface area contributed by atoms with E-state index in [9.17, 15) is 0 Å². The van der Waals surface area contributed by atoms with E-state index in [1.807, 2.05) is 0 Å². The predicted molar refractivity (Wildman–Crippen MR) is 112 cm³/mol. The van der Waals surface area contributed by atoms with Gasteiger partial charge in [-0.25, -0.2) is 0 Å². The second-order valence-corrected chi connectivity index (χ2v) is 15.8. The lowest BCUT2D eigenvalue weighted by molar-refractivity contribution is 0.316. The number of hydrogen-bond donors (Lipinski definition) is 0. The first-order valence-corrected chi connectivity index (χ1v) is 15.2. The van der Waals surface area contributed by atoms with E-state index in [0.717, 1.165) is 6.61 Å². The first-order chi connectivity index (χ1) is 11.9. The van der Waals surface area contributed by atoms with Crippen LogP contribution in [0.2, 0.25) is 31.4 Å². The van der Waals surface area contributed by atoms with E-state index in [1.165, 1.54) is 11.1 Å². The normalized spacial score (nSPS) is 13.4. The molecular formula is C20H29O2Si3. The summed E-state index contributed by atoms with van der Waals surface area (Å²) in [7, 11) is -1.83. The predicted octanol–water partition coefficient (Wildman–Crippen LogP) is 5.27. The molecule has 25 heavy (non-hydrogen) atoms. The first kappa shape index (κ1) is 20.3. The van der Waals surface area contributed by atoms with Crippen molar-refractivity contribution in [2.75, 3.05) is 6.61 Å². The van der Waals surface area contributed by atoms with Crippen molar-refractivity contribution in [2.45, 2.75) is 44.2 Å². The third kappa shape index (κ3) is 6.35. The molecule has 0 aromatic heterocycles. The zero-order valence-corrected chi connectivity index (χ0v) is 19.0. The van der Waals surface area contributed by atoms with Crippen LogP contribution in [-0.4, -0.2) is 33.7 Å². The van der Waals surface area contributed by atoms with Crippen LogP contribution in [0.25, 0.3) is 0 Å². The summed E-state index contributed by atoms with van der Waals surface area (Å²) in [6.45, 7) is 12.1. The fraction of sp³-hybridized carbons (Fsp3) is 0.400. The summed E-state index contributed by atoms with van der Waals surface area (Å²) in [5.74, 6) is 0.282. The van der Waals surface area contributed by atoms with E-state index in [-0.39, 0.29) is 5.92 Å². The molecule has 3 radical (unpaired) electrons. The molecule has 2 rings (SSSR count). The molecule has 1 atom stereocenters. The maximum atomic E-state index is 6.29. The molecule has 0 fully saturated rings. The lowest BCUT2D eigenvalue weighted by Gasteiger charge is -2.31. The van der Waals surface area contributed by atoms with Gasteiger partial charge < -0.3 is 8.54 Å². The highest BCUT2D eigenvalue weighted by molar-refractivity contribution is 6.84. The number of rotatable bonds is 9. The minimum atomic E-state index is -1.67. The average molecular weight is 386 g/mol. The topological polar surface area (TPSA) is 18.5 Å². The molecular weight excluding hydrogens is 356 g/mol. The fourth-order valence-corrected chi connectivity index (χ4v) is 10.1. The summed E-state index contributed by atoms with van der Waals surface area (Å²) in [5.41, 5.74) is 2.62. The third-order valence-electron chi connectivity index (χ3n) is 4.42. The van der Waals surface area contributed by atoms with Gasteiger partial charge in [-0.2, -0.15) is 0 Å². The van der Waals surface area contributed by atoms with Crippen molar-refractivity contribution in [3.63, 3.8) is 0 Å². The summed E-state index contributed by atoms with van der Waals surface area (Å²) in [6, 6.07) is 21.3. The van der Waals surface area contributed by atoms with Gasteiger partial charge in [0.2, 0.25) is 9.76 Å². The quantitative estimate of drug-likeness (QED) is 0.547. The molecule has 1 unspecified atom stereocenters. The average Bonchev–Trinajstić information content (AvgIpc) is 2.59. The second-order valence-electron chi connectivity index (χ2n) is 7.14. The van der Waals surface area contributed by atoms with E-state index in [2.05, 4.69) is 93.8 Å². The highest BCUT2D eigenvalue weighted by Gasteiger charge is 2.32. The molecule has 0 N–H and O–H groups in total. The van der Waals surface area contributed by atoms with Gasteiger partial charge in [0.25, 0.3) is 0 Å². The maximum absolute atomic E-state index is 6.29. The third-order valence-corrected chi connectivity index (χ3v) is 13.4. The molecule has 133 valence electrons. The maximum Gasteiger partial charge on any atom is 0.232 e. The highest BCUT2D eigenvalue weighted by atomic mass is 28.4. The Morgan fingerprint density at radius 2 is 1.40 bits per heavy atom. The lowest BCUT2D eigenvalue weighted by atomic mass is 9.92. The van der Waals surface area contributed by atoms with Crippen LogP contribution in [0.1, 0.15) is 24.0 Å². The molecule has 0 aliphatic rings. The Kier molecular flexibility index (Phi) is 7.83. The Hall–Kier alpha value is -0.989. The van der Waals surface area contributed by atoms with E-state index in [4.69, 9.17) is 8.54 Å². The Morgan fingerprint density at radius 3 is 1.84 bits per heavy atom. The van der Waals surface area contributed by atoms with Crippen molar-refractivity contribution in [2.24, 2.45) is 0 Å². The smallest absolute Gasteiger partial charge is 0.232 e. The molecule has 0 spiro atoms. The first-order valence-electron chi connectivity index (χ1n) is 8.86. The molecule has 0 bridgehead atoms. The van der Waals surface area contributed by atoms with Crippen LogP contribution < -0.4 is 0 Å². The monoisotopic (exact) mass is 385 g/mol. The standard InChI is InChI=1S/C20H29O2Si3/c1-17(25(4,5)22-24(2)3)23-21-16-20(18-12-8-6-9-13-18)19-14-10-7-11-15-19/h6-15,17,20H,16H2,1-5H3. The van der Waals surface area contributed by atoms with E-state index in [1.54, 1.807) is 0 Å². The van der Waals surface area contributed by atoms with Gasteiger partial charge in [0.15, 0.2) is 17.4 Å². The van der Waals surface area contributed by atoms with Crippen molar-refractivity contribution >= 4 is 27.1 Å². The molecule has 0 aliphatic heterocycles. The molecule has 0 saturated heterocycles.